The largest absolute Gasteiger partial charge is 0.497 e. The summed E-state index contributed by atoms with van der Waals surface area (Å²) in [4.78, 5) is 17.2. The third-order valence-corrected chi connectivity index (χ3v) is 3.48. The predicted octanol–water partition coefficient (Wildman–Crippen LogP) is 1.63. The highest BCUT2D eigenvalue weighted by Gasteiger charge is 2.22. The summed E-state index contributed by atoms with van der Waals surface area (Å²) in [6, 6.07) is 7.56. The Kier molecular flexibility index (Phi) is 5.36. The van der Waals surface area contributed by atoms with Gasteiger partial charge in [0.2, 0.25) is 0 Å². The van der Waals surface area contributed by atoms with E-state index in [1.165, 1.54) is 14.2 Å². The molecule has 7 nitrogen and oxygen atoms in total. The fraction of sp³-hybridized carbons (Fsp3) is 0.375. The Labute approximate surface area is 135 Å². The Bertz CT molecular complexity index is 664. The van der Waals surface area contributed by atoms with Gasteiger partial charge in [0.15, 0.2) is 0 Å². The van der Waals surface area contributed by atoms with Crippen molar-refractivity contribution in [3.05, 3.63) is 47.3 Å². The zero-order valence-electron chi connectivity index (χ0n) is 13.7. The number of aromatic nitrogens is 2. The molecular weight excluding hydrogens is 298 g/mol. The summed E-state index contributed by atoms with van der Waals surface area (Å²) in [7, 11) is 4.53. The Morgan fingerprint density at radius 1 is 1.35 bits per heavy atom. The normalized spacial score (nSPS) is 12.0. The van der Waals surface area contributed by atoms with Crippen LogP contribution in [0.25, 0.3) is 0 Å². The third kappa shape index (κ3) is 3.88. The molecule has 1 aromatic heterocycles. The molecule has 0 fully saturated rings. The Morgan fingerprint density at radius 3 is 2.52 bits per heavy atom. The van der Waals surface area contributed by atoms with Gasteiger partial charge in [-0.2, -0.15) is 5.10 Å². The number of hydroxylamine groups is 2. The van der Waals surface area contributed by atoms with Gasteiger partial charge in [-0.3, -0.25) is 14.3 Å². The second kappa shape index (κ2) is 7.26. The molecule has 0 saturated heterocycles. The van der Waals surface area contributed by atoms with Gasteiger partial charge in [0.1, 0.15) is 11.4 Å². The monoisotopic (exact) mass is 319 g/mol. The minimum absolute atomic E-state index is 0.317. The van der Waals surface area contributed by atoms with Crippen molar-refractivity contribution in [2.75, 3.05) is 21.3 Å². The van der Waals surface area contributed by atoms with Crippen LogP contribution in [0.3, 0.4) is 0 Å². The van der Waals surface area contributed by atoms with Crippen molar-refractivity contribution in [3.63, 3.8) is 0 Å². The molecule has 0 aliphatic heterocycles. The van der Waals surface area contributed by atoms with Gasteiger partial charge < -0.3 is 9.84 Å². The number of nitrogens with zero attached hydrogens (tertiary/aromatic N) is 3. The summed E-state index contributed by atoms with van der Waals surface area (Å²) in [6.45, 7) is 2.05. The molecule has 0 bridgehead atoms. The molecule has 0 saturated carbocycles. The first-order chi connectivity index (χ1) is 11.0. The minimum Gasteiger partial charge on any atom is -0.497 e. The van der Waals surface area contributed by atoms with Crippen molar-refractivity contribution in [1.29, 1.82) is 0 Å². The van der Waals surface area contributed by atoms with Crippen LogP contribution < -0.4 is 4.74 Å². The van der Waals surface area contributed by atoms with E-state index in [1.54, 1.807) is 24.9 Å². The maximum Gasteiger partial charge on any atom is 0.280 e. The molecule has 124 valence electrons. The second-order valence-electron chi connectivity index (χ2n) is 5.13. The zero-order chi connectivity index (χ0) is 17.0. The van der Waals surface area contributed by atoms with E-state index >= 15 is 0 Å². The zero-order valence-corrected chi connectivity index (χ0v) is 13.7. The summed E-state index contributed by atoms with van der Waals surface area (Å²) in [6.07, 6.45) is 0.765. The molecule has 1 N–H and O–H groups in total. The first-order valence-electron chi connectivity index (χ1n) is 7.16. The van der Waals surface area contributed by atoms with Crippen molar-refractivity contribution in [3.8, 4) is 5.75 Å². The van der Waals surface area contributed by atoms with Gasteiger partial charge in [-0.15, -0.1) is 0 Å². The van der Waals surface area contributed by atoms with Crippen molar-refractivity contribution < 1.29 is 19.5 Å². The first-order valence-corrected chi connectivity index (χ1v) is 7.16. The molecule has 1 amide bonds. The molecule has 2 aromatic rings. The fourth-order valence-corrected chi connectivity index (χ4v) is 2.16. The van der Waals surface area contributed by atoms with Crippen LogP contribution in [0.15, 0.2) is 30.5 Å². The number of ether oxygens (including phenoxy) is 1. The number of rotatable bonds is 6. The summed E-state index contributed by atoms with van der Waals surface area (Å²) < 4.78 is 6.75. The summed E-state index contributed by atoms with van der Waals surface area (Å²) in [5.41, 5.74) is 1.65. The van der Waals surface area contributed by atoms with Crippen molar-refractivity contribution in [1.82, 2.24) is 14.8 Å². The standard InChI is InChI=1S/C16H21N3O4/c1-11(20)15-14(16(21)18(2)23-4)10-19(17-15)9-12-5-7-13(22-3)8-6-12/h5-8,10-11,20H,9H2,1-4H3. The molecule has 2 rings (SSSR count). The van der Waals surface area contributed by atoms with E-state index in [-0.39, 0.29) is 5.91 Å². The van der Waals surface area contributed by atoms with Gasteiger partial charge >= 0.3 is 0 Å². The smallest absolute Gasteiger partial charge is 0.280 e. The maximum atomic E-state index is 12.3. The van der Waals surface area contributed by atoms with Crippen LogP contribution in [0.4, 0.5) is 0 Å². The molecule has 0 aliphatic rings. The average Bonchev–Trinajstić information content (AvgIpc) is 2.98. The summed E-state index contributed by atoms with van der Waals surface area (Å²) in [5, 5.41) is 15.3. The quantitative estimate of drug-likeness (QED) is 0.819. The molecule has 0 aliphatic carbocycles. The van der Waals surface area contributed by atoms with Crippen molar-refractivity contribution >= 4 is 5.91 Å². The average molecular weight is 319 g/mol. The number of amides is 1. The lowest BCUT2D eigenvalue weighted by molar-refractivity contribution is -0.0758. The third-order valence-electron chi connectivity index (χ3n) is 3.48. The van der Waals surface area contributed by atoms with Gasteiger partial charge in [0.25, 0.3) is 5.91 Å². The highest BCUT2D eigenvalue weighted by molar-refractivity contribution is 5.94. The van der Waals surface area contributed by atoms with Crippen LogP contribution in [0.2, 0.25) is 0 Å². The molecule has 23 heavy (non-hydrogen) atoms. The SMILES string of the molecule is COc1ccc(Cn2cc(C(=O)N(C)OC)c(C(C)O)n2)cc1. The first kappa shape index (κ1) is 17.0. The van der Waals surface area contributed by atoms with E-state index in [9.17, 15) is 9.90 Å². The lowest BCUT2D eigenvalue weighted by atomic mass is 10.1. The second-order valence-corrected chi connectivity index (χ2v) is 5.13. The molecule has 0 spiro atoms. The summed E-state index contributed by atoms with van der Waals surface area (Å²) in [5.74, 6) is 0.417. The molecule has 1 aromatic carbocycles. The van der Waals surface area contributed by atoms with Gasteiger partial charge in [-0.05, 0) is 24.6 Å². The highest BCUT2D eigenvalue weighted by atomic mass is 16.7. The predicted molar refractivity (Wildman–Crippen MR) is 84.1 cm³/mol. The summed E-state index contributed by atoms with van der Waals surface area (Å²) >= 11 is 0. The number of aliphatic hydroxyl groups excluding tert-OH is 1. The van der Waals surface area contributed by atoms with Crippen LogP contribution in [-0.2, 0) is 11.4 Å². The van der Waals surface area contributed by atoms with Crippen LogP contribution in [-0.4, -0.2) is 47.1 Å². The number of carbonyl (C=O) groups excluding carboxylic acids is 1. The Balaban J connectivity index is 2.27. The van der Waals surface area contributed by atoms with E-state index in [2.05, 4.69) is 5.10 Å². The van der Waals surface area contributed by atoms with Gasteiger partial charge in [0, 0.05) is 13.2 Å². The van der Waals surface area contributed by atoms with Crippen LogP contribution in [0.5, 0.6) is 5.75 Å². The topological polar surface area (TPSA) is 76.8 Å². The van der Waals surface area contributed by atoms with Gasteiger partial charge in [0.05, 0.1) is 32.4 Å². The van der Waals surface area contributed by atoms with Crippen molar-refractivity contribution in [2.45, 2.75) is 19.6 Å². The van der Waals surface area contributed by atoms with Crippen LogP contribution >= 0.6 is 0 Å². The molecule has 7 heteroatoms. The number of benzene rings is 1. The number of hydrogen-bond acceptors (Lipinski definition) is 5. The fourth-order valence-electron chi connectivity index (χ4n) is 2.16. The molecule has 1 heterocycles. The number of carbonyl (C=O) groups is 1. The Morgan fingerprint density at radius 2 is 2.00 bits per heavy atom. The lowest BCUT2D eigenvalue weighted by Crippen LogP contribution is -2.26. The van der Waals surface area contributed by atoms with Crippen LogP contribution in [0, 0.1) is 0 Å². The van der Waals surface area contributed by atoms with Crippen molar-refractivity contribution in [2.24, 2.45) is 0 Å². The molecular formula is C16H21N3O4. The van der Waals surface area contributed by atoms with E-state index in [1.807, 2.05) is 24.3 Å². The number of aliphatic hydroxyl groups is 1. The van der Waals surface area contributed by atoms with Crippen LogP contribution in [0.1, 0.15) is 34.6 Å². The van der Waals surface area contributed by atoms with E-state index < -0.39 is 6.10 Å². The van der Waals surface area contributed by atoms with Gasteiger partial charge in [-0.25, -0.2) is 5.06 Å². The maximum absolute atomic E-state index is 12.3. The molecule has 1 atom stereocenters. The van der Waals surface area contributed by atoms with E-state index in [0.717, 1.165) is 16.4 Å². The molecule has 1 unspecified atom stereocenters. The molecule has 0 radical (unpaired) electrons. The highest BCUT2D eigenvalue weighted by Crippen LogP contribution is 2.19. The van der Waals surface area contributed by atoms with Gasteiger partial charge in [-0.1, -0.05) is 12.1 Å². The minimum atomic E-state index is -0.851. The van der Waals surface area contributed by atoms with E-state index in [0.29, 0.717) is 17.8 Å². The van der Waals surface area contributed by atoms with E-state index in [4.69, 9.17) is 9.57 Å². The number of methoxy groups -OCH3 is 1. The lowest BCUT2D eigenvalue weighted by Gasteiger charge is -2.13. The Hall–Kier alpha value is -2.38. The number of hydrogen-bond donors (Lipinski definition) is 1.